The van der Waals surface area contributed by atoms with Crippen molar-refractivity contribution in [2.24, 2.45) is 0 Å². The van der Waals surface area contributed by atoms with E-state index in [4.69, 9.17) is 0 Å². The molecule has 0 saturated carbocycles. The van der Waals surface area contributed by atoms with E-state index in [1.807, 2.05) is 11.0 Å². The van der Waals surface area contributed by atoms with Crippen molar-refractivity contribution in [3.8, 4) is 11.4 Å². The number of aromatic nitrogens is 3. The molecule has 2 rings (SSSR count). The van der Waals surface area contributed by atoms with Crippen LogP contribution >= 0.6 is 22.6 Å². The minimum atomic E-state index is 0.421. The van der Waals surface area contributed by atoms with Gasteiger partial charge in [-0.25, -0.2) is 9.67 Å². The molecule has 4 heteroatoms. The van der Waals surface area contributed by atoms with E-state index in [2.05, 4.69) is 70.8 Å². The summed E-state index contributed by atoms with van der Waals surface area (Å²) in [5.74, 6) is 0.810. The molecule has 0 saturated heterocycles. The molecule has 0 aliphatic carbocycles. The first-order valence-corrected chi connectivity index (χ1v) is 6.95. The maximum absolute atomic E-state index is 4.53. The van der Waals surface area contributed by atoms with Crippen molar-refractivity contribution in [2.75, 3.05) is 0 Å². The third kappa shape index (κ3) is 3.06. The van der Waals surface area contributed by atoms with Gasteiger partial charge in [-0.2, -0.15) is 5.10 Å². The summed E-state index contributed by atoms with van der Waals surface area (Å²) in [6.07, 6.45) is 4.13. The molecule has 2 aromatic rings. The van der Waals surface area contributed by atoms with Crippen LogP contribution in [0.4, 0.5) is 0 Å². The van der Waals surface area contributed by atoms with E-state index in [1.165, 1.54) is 9.99 Å². The highest BCUT2D eigenvalue weighted by Gasteiger charge is 2.08. The lowest BCUT2D eigenvalue weighted by Crippen LogP contribution is -2.05. The number of hydrogen-bond acceptors (Lipinski definition) is 2. The van der Waals surface area contributed by atoms with Crippen molar-refractivity contribution in [1.29, 1.82) is 0 Å². The lowest BCUT2D eigenvalue weighted by atomic mass is 10.2. The molecule has 17 heavy (non-hydrogen) atoms. The van der Waals surface area contributed by atoms with Crippen molar-refractivity contribution in [3.63, 3.8) is 0 Å². The van der Waals surface area contributed by atoms with E-state index in [0.29, 0.717) is 6.04 Å². The molecule has 0 amide bonds. The summed E-state index contributed by atoms with van der Waals surface area (Å²) >= 11 is 2.30. The van der Waals surface area contributed by atoms with Crippen LogP contribution in [0.25, 0.3) is 11.4 Å². The van der Waals surface area contributed by atoms with E-state index in [-0.39, 0.29) is 0 Å². The van der Waals surface area contributed by atoms with Gasteiger partial charge in [-0.05, 0) is 48.1 Å². The van der Waals surface area contributed by atoms with Crippen molar-refractivity contribution >= 4 is 22.6 Å². The molecule has 0 bridgehead atoms. The van der Waals surface area contributed by atoms with Gasteiger partial charge in [0.2, 0.25) is 0 Å². The smallest absolute Gasteiger partial charge is 0.181 e. The Labute approximate surface area is 115 Å². The molecular weight excluding hydrogens is 325 g/mol. The van der Waals surface area contributed by atoms with Crippen LogP contribution in [0.15, 0.2) is 30.6 Å². The van der Waals surface area contributed by atoms with Crippen molar-refractivity contribution in [3.05, 3.63) is 34.2 Å². The largest absolute Gasteiger partial charge is 0.250 e. The van der Waals surface area contributed by atoms with E-state index < -0.39 is 0 Å². The van der Waals surface area contributed by atoms with E-state index in [1.54, 1.807) is 0 Å². The highest BCUT2D eigenvalue weighted by molar-refractivity contribution is 14.1. The molecule has 0 radical (unpaired) electrons. The van der Waals surface area contributed by atoms with Crippen molar-refractivity contribution < 1.29 is 0 Å². The summed E-state index contributed by atoms with van der Waals surface area (Å²) in [7, 11) is 0. The highest BCUT2D eigenvalue weighted by Crippen LogP contribution is 2.18. The normalized spacial score (nSPS) is 12.6. The lowest BCUT2D eigenvalue weighted by molar-refractivity contribution is 0.454. The van der Waals surface area contributed by atoms with Gasteiger partial charge in [0.25, 0.3) is 0 Å². The summed E-state index contributed by atoms with van der Waals surface area (Å²) in [5.41, 5.74) is 1.08. The summed E-state index contributed by atoms with van der Waals surface area (Å²) in [6, 6.07) is 8.70. The van der Waals surface area contributed by atoms with Gasteiger partial charge in [-0.3, -0.25) is 0 Å². The zero-order valence-corrected chi connectivity index (χ0v) is 12.3. The maximum atomic E-state index is 4.53. The Hall–Kier alpha value is -0.910. The minimum absolute atomic E-state index is 0.421. The van der Waals surface area contributed by atoms with Crippen LogP contribution in [0.3, 0.4) is 0 Å². The van der Waals surface area contributed by atoms with Crippen LogP contribution in [0.2, 0.25) is 0 Å². The number of hydrogen-bond donors (Lipinski definition) is 0. The summed E-state index contributed by atoms with van der Waals surface area (Å²) in [4.78, 5) is 4.37. The fraction of sp³-hybridized carbons (Fsp3) is 0.385. The fourth-order valence-electron chi connectivity index (χ4n) is 1.77. The fourth-order valence-corrected chi connectivity index (χ4v) is 2.13. The lowest BCUT2D eigenvalue weighted by Gasteiger charge is -2.08. The molecule has 3 nitrogen and oxygen atoms in total. The molecule has 1 atom stereocenters. The van der Waals surface area contributed by atoms with Crippen LogP contribution in [-0.4, -0.2) is 14.8 Å². The van der Waals surface area contributed by atoms with Gasteiger partial charge in [0.15, 0.2) is 5.82 Å². The molecule has 0 fully saturated rings. The van der Waals surface area contributed by atoms with E-state index in [9.17, 15) is 0 Å². The van der Waals surface area contributed by atoms with Gasteiger partial charge in [0, 0.05) is 9.13 Å². The molecule has 1 unspecified atom stereocenters. The van der Waals surface area contributed by atoms with Gasteiger partial charge in [-0.1, -0.05) is 25.5 Å². The van der Waals surface area contributed by atoms with Gasteiger partial charge in [-0.15, -0.1) is 0 Å². The topological polar surface area (TPSA) is 30.7 Å². The molecular formula is C13H16IN3. The molecule has 0 N–H and O–H groups in total. The third-order valence-corrected chi connectivity index (χ3v) is 3.49. The maximum Gasteiger partial charge on any atom is 0.181 e. The average molecular weight is 341 g/mol. The molecule has 1 heterocycles. The predicted molar refractivity (Wildman–Crippen MR) is 77.8 cm³/mol. The number of nitrogens with zero attached hydrogens (tertiary/aromatic N) is 3. The SMILES string of the molecule is CCCC(C)n1cnc(-c2ccc(I)cc2)n1. The summed E-state index contributed by atoms with van der Waals surface area (Å²) < 4.78 is 3.18. The first-order valence-electron chi connectivity index (χ1n) is 5.87. The molecule has 0 aliphatic heterocycles. The summed E-state index contributed by atoms with van der Waals surface area (Å²) in [5, 5.41) is 4.53. The van der Waals surface area contributed by atoms with Crippen LogP contribution in [-0.2, 0) is 0 Å². The second kappa shape index (κ2) is 5.62. The molecule has 1 aromatic carbocycles. The second-order valence-corrected chi connectivity index (χ2v) is 5.44. The molecule has 90 valence electrons. The molecule has 0 spiro atoms. The van der Waals surface area contributed by atoms with Gasteiger partial charge in [0.1, 0.15) is 6.33 Å². The zero-order chi connectivity index (χ0) is 12.3. The van der Waals surface area contributed by atoms with Crippen LogP contribution < -0.4 is 0 Å². The monoisotopic (exact) mass is 341 g/mol. The number of halogens is 1. The Bertz CT molecular complexity index is 476. The molecule has 0 aliphatic rings. The first-order chi connectivity index (χ1) is 8.20. The van der Waals surface area contributed by atoms with Gasteiger partial charge >= 0.3 is 0 Å². The van der Waals surface area contributed by atoms with Gasteiger partial charge in [0.05, 0.1) is 6.04 Å². The Kier molecular flexibility index (Phi) is 4.15. The average Bonchev–Trinajstić information content (AvgIpc) is 2.80. The predicted octanol–water partition coefficient (Wildman–Crippen LogP) is 3.91. The standard InChI is InChI=1S/C13H16IN3/c1-3-4-10(2)17-9-15-13(16-17)11-5-7-12(14)8-6-11/h5-10H,3-4H2,1-2H3. The van der Waals surface area contributed by atoms with E-state index >= 15 is 0 Å². The second-order valence-electron chi connectivity index (χ2n) is 4.19. The first kappa shape index (κ1) is 12.5. The third-order valence-electron chi connectivity index (χ3n) is 2.77. The quantitative estimate of drug-likeness (QED) is 0.790. The van der Waals surface area contributed by atoms with E-state index in [0.717, 1.165) is 17.8 Å². The highest BCUT2D eigenvalue weighted by atomic mass is 127. The van der Waals surface area contributed by atoms with Crippen LogP contribution in [0.5, 0.6) is 0 Å². The Balaban J connectivity index is 2.20. The Morgan fingerprint density at radius 3 is 2.65 bits per heavy atom. The Morgan fingerprint density at radius 2 is 2.00 bits per heavy atom. The van der Waals surface area contributed by atoms with Gasteiger partial charge < -0.3 is 0 Å². The van der Waals surface area contributed by atoms with Crippen molar-refractivity contribution in [1.82, 2.24) is 14.8 Å². The van der Waals surface area contributed by atoms with Crippen LogP contribution in [0.1, 0.15) is 32.7 Å². The minimum Gasteiger partial charge on any atom is -0.250 e. The van der Waals surface area contributed by atoms with Crippen molar-refractivity contribution in [2.45, 2.75) is 32.7 Å². The number of benzene rings is 1. The van der Waals surface area contributed by atoms with Crippen LogP contribution in [0, 0.1) is 3.57 Å². The zero-order valence-electron chi connectivity index (χ0n) is 10.1. The molecule has 1 aromatic heterocycles. The number of rotatable bonds is 4. The summed E-state index contributed by atoms with van der Waals surface area (Å²) in [6.45, 7) is 4.36. The Morgan fingerprint density at radius 1 is 1.29 bits per heavy atom.